The smallest absolute Gasteiger partial charge is 0.000884 e. The minimum atomic E-state index is -0.852. The van der Waals surface area contributed by atoms with Crippen LogP contribution in [0.25, 0.3) is 65.3 Å². The van der Waals surface area contributed by atoms with Gasteiger partial charge in [-0.2, -0.15) is 0 Å². The fourth-order valence-corrected chi connectivity index (χ4v) is 23.1. The average molecular weight is 1530 g/mol. The molecule has 475 valence electrons. The number of fused-ring (bicyclic) bond motifs is 4. The molecule has 0 fully saturated rings. The second-order valence-electron chi connectivity index (χ2n) is 23.3. The van der Waals surface area contributed by atoms with Crippen molar-refractivity contribution in [1.82, 2.24) is 0 Å². The first-order valence-corrected chi connectivity index (χ1v) is 43.0. The van der Waals surface area contributed by atoms with Crippen molar-refractivity contribution in [3.63, 3.8) is 0 Å². The van der Waals surface area contributed by atoms with E-state index in [2.05, 4.69) is 423 Å². The van der Waals surface area contributed by atoms with Crippen molar-refractivity contribution in [3.8, 4) is 22.3 Å². The summed E-state index contributed by atoms with van der Waals surface area (Å²) < 4.78 is 0. The topological polar surface area (TPSA) is 37.3 Å². The molecule has 0 saturated carbocycles. The second-order valence-corrected chi connectivity index (χ2v) is 32.0. The fourth-order valence-electron chi connectivity index (χ4n) is 13.2. The Morgan fingerprint density at radius 3 is 0.510 bits per heavy atom. The molecule has 0 unspecified atom stereocenters. The Kier molecular flexibility index (Phi) is 22.9. The van der Waals surface area contributed by atoms with Crippen molar-refractivity contribution in [2.24, 2.45) is 0 Å². The fraction of sp³-hybridized carbons (Fsp3) is 0.0111. The molecule has 0 aromatic heterocycles. The van der Waals surface area contributed by atoms with Gasteiger partial charge in [0.25, 0.3) is 5.97 Å². The molecule has 0 heterocycles. The summed E-state index contributed by atoms with van der Waals surface area (Å²) in [4.78, 5) is 9.00. The van der Waals surface area contributed by atoms with Crippen molar-refractivity contribution >= 4 is 164 Å². The maximum atomic E-state index is 9.00. The van der Waals surface area contributed by atoms with E-state index in [1.807, 2.05) is 0 Å². The Labute approximate surface area is 601 Å². The average Bonchev–Trinajstić information content (AvgIpc) is 0.741. The number of rotatable bonds is 14. The summed E-state index contributed by atoms with van der Waals surface area (Å²) in [5.74, 6) is -0.833. The van der Waals surface area contributed by atoms with Gasteiger partial charge in [0, 0.05) is 6.92 Å². The molecule has 0 atom stereocenters. The van der Waals surface area contributed by atoms with Crippen LogP contribution in [0.2, 0.25) is 0 Å². The minimum Gasteiger partial charge on any atom is -0.0622 e. The van der Waals surface area contributed by atoms with E-state index in [9.17, 15) is 0 Å². The van der Waals surface area contributed by atoms with Gasteiger partial charge in [0.15, 0.2) is 0 Å². The summed E-state index contributed by atoms with van der Waals surface area (Å²) >= 11 is 4.40. The number of carboxylic acids is 1. The summed E-state index contributed by atoms with van der Waals surface area (Å²) in [5, 5.41) is 34.1. The molecule has 0 radical (unpaired) electrons. The third kappa shape index (κ3) is 15.1. The second kappa shape index (κ2) is 33.1. The summed E-state index contributed by atoms with van der Waals surface area (Å²) in [7, 11) is -3.41. The SMILES string of the molecule is CC(=O)O.[Ru][I].c1ccc(P(c2ccccc2)c2ccc3ccccc3c2-c2c(P(c3ccccc3)c3ccccc3)ccc3ccccc23)cc1.c1ccc(P(c2ccccc2)c2ccc3ccccc3c2-c2c(P(c3ccccc3)c3ccccc3)ccc3ccccc23)cc1. The van der Waals surface area contributed by atoms with E-state index in [-0.39, 0.29) is 0 Å². The molecule has 98 heavy (non-hydrogen) atoms. The van der Waals surface area contributed by atoms with Crippen LogP contribution in [0, 0.1) is 0 Å². The molecule has 8 heteroatoms. The molecule has 1 N–H and O–H groups in total. The van der Waals surface area contributed by atoms with Crippen LogP contribution >= 0.6 is 51.4 Å². The van der Waals surface area contributed by atoms with Gasteiger partial charge in [-0.3, -0.25) is 4.79 Å². The third-order valence-corrected chi connectivity index (χ3v) is 27.1. The molecular weight excluding hydrogens is 1460 g/mol. The Morgan fingerprint density at radius 1 is 0.224 bits per heavy atom. The number of hydrogen-bond donors (Lipinski definition) is 1. The third-order valence-electron chi connectivity index (χ3n) is 17.2. The van der Waals surface area contributed by atoms with Crippen LogP contribution in [-0.4, -0.2) is 11.1 Å². The van der Waals surface area contributed by atoms with Crippen molar-refractivity contribution in [1.29, 1.82) is 0 Å². The molecule has 0 spiro atoms. The van der Waals surface area contributed by atoms with Crippen LogP contribution in [0.1, 0.15) is 6.92 Å². The van der Waals surface area contributed by atoms with Crippen LogP contribution in [0.5, 0.6) is 0 Å². The van der Waals surface area contributed by atoms with E-state index in [1.54, 1.807) is 0 Å². The van der Waals surface area contributed by atoms with Gasteiger partial charge in [-0.15, -0.1) is 0 Å². The zero-order chi connectivity index (χ0) is 67.0. The molecular formula is C90H68IO2P4Ru. The number of carboxylic acid groups (broad SMARTS) is 1. The van der Waals surface area contributed by atoms with Gasteiger partial charge in [-0.05, 0) is 161 Å². The number of carbonyl (C=O) groups is 1. The molecule has 16 rings (SSSR count). The van der Waals surface area contributed by atoms with E-state index < -0.39 is 37.7 Å². The first-order chi connectivity index (χ1) is 48.5. The van der Waals surface area contributed by atoms with Crippen LogP contribution < -0.4 is 63.7 Å². The van der Waals surface area contributed by atoms with Gasteiger partial charge in [0.05, 0.1) is 0 Å². The molecule has 0 bridgehead atoms. The summed E-state index contributed by atoms with van der Waals surface area (Å²) in [6, 6.07) is 144. The number of halogens is 1. The number of aliphatic carboxylic acids is 1. The predicted molar refractivity (Wildman–Crippen MR) is 436 cm³/mol. The van der Waals surface area contributed by atoms with E-state index in [1.165, 1.54) is 129 Å². The van der Waals surface area contributed by atoms with Crippen LogP contribution in [0.4, 0.5) is 0 Å². The number of benzene rings is 16. The molecule has 0 amide bonds. The predicted octanol–water partition coefficient (Wildman–Crippen LogP) is 19.3. The quantitative estimate of drug-likeness (QED) is 0.0669. The van der Waals surface area contributed by atoms with Crippen molar-refractivity contribution in [3.05, 3.63) is 388 Å². The molecule has 0 aliphatic rings. The van der Waals surface area contributed by atoms with Crippen molar-refractivity contribution in [2.45, 2.75) is 6.92 Å². The first kappa shape index (κ1) is 67.7. The maximum absolute atomic E-state index is 9.00. The maximum Gasteiger partial charge on any atom is -0.000884 e. The van der Waals surface area contributed by atoms with E-state index >= 15 is 0 Å². The van der Waals surface area contributed by atoms with Gasteiger partial charge in [-0.1, -0.05) is 388 Å². The van der Waals surface area contributed by atoms with Crippen molar-refractivity contribution in [2.75, 3.05) is 0 Å². The van der Waals surface area contributed by atoms with Gasteiger partial charge in [0.2, 0.25) is 0 Å². The van der Waals surface area contributed by atoms with E-state index in [0.29, 0.717) is 0 Å². The Hall–Kier alpha value is -8.90. The molecule has 0 aliphatic heterocycles. The zero-order valence-corrected chi connectivity index (χ0v) is 61.3. The largest absolute Gasteiger partial charge is 0.0622 e. The Balaban J connectivity index is 0.000000163. The van der Waals surface area contributed by atoms with Gasteiger partial charge >= 0.3 is 34.5 Å². The first-order valence-electron chi connectivity index (χ1n) is 32.5. The van der Waals surface area contributed by atoms with Crippen molar-refractivity contribution < 1.29 is 24.7 Å². The molecule has 2 nitrogen and oxygen atoms in total. The van der Waals surface area contributed by atoms with Crippen LogP contribution in [0.15, 0.2) is 388 Å². The van der Waals surface area contributed by atoms with Gasteiger partial charge < -0.3 is 5.11 Å². The van der Waals surface area contributed by atoms with Gasteiger partial charge in [0.1, 0.15) is 0 Å². The van der Waals surface area contributed by atoms with E-state index in [4.69, 9.17) is 9.90 Å². The standard InChI is InChI=1S/2C44H32P2.C2H4O2.HI.Ru/c2*1-5-19-35(20-6-1)45(36-21-7-2-8-22-36)41-31-29-33-17-13-15-27-39(33)43(41)44-40-28-16-14-18-34(40)30-32-42(44)46(37-23-9-3-10-24-37)38-25-11-4-12-26-38;1-2(3)4;;/h2*1-32H;1H3,(H,3,4);1H;/q;;;;+1/p-1. The normalized spacial score (nSPS) is 11.1. The summed E-state index contributed by atoms with van der Waals surface area (Å²) in [6.07, 6.45) is 0. The molecule has 16 aromatic rings. The monoisotopic (exact) mass is 1530 g/mol. The number of hydrogen-bond acceptors (Lipinski definition) is 1. The van der Waals surface area contributed by atoms with Crippen LogP contribution in [0.3, 0.4) is 0 Å². The molecule has 0 aliphatic carbocycles. The Bertz CT molecular complexity index is 4470. The minimum absolute atomic E-state index is 0.833. The van der Waals surface area contributed by atoms with Crippen LogP contribution in [-0.2, 0) is 19.6 Å². The summed E-state index contributed by atoms with van der Waals surface area (Å²) in [5.41, 5.74) is 5.40. The molecule has 16 aromatic carbocycles. The summed E-state index contributed by atoms with van der Waals surface area (Å²) in [6.45, 7) is 1.08. The Morgan fingerprint density at radius 2 is 0.357 bits per heavy atom. The van der Waals surface area contributed by atoms with Gasteiger partial charge in [-0.25, -0.2) is 0 Å². The molecule has 0 saturated heterocycles. The zero-order valence-electron chi connectivity index (χ0n) is 53.8. The van der Waals surface area contributed by atoms with E-state index in [0.717, 1.165) is 6.92 Å².